The minimum Gasteiger partial charge on any atom is -0.340 e. The molecule has 7 heteroatoms. The Hall–Kier alpha value is -3.32. The maximum Gasteiger partial charge on any atom is 0.254 e. The number of nitrogens with one attached hydrogen (secondary N) is 1. The molecule has 1 aliphatic heterocycles. The van der Waals surface area contributed by atoms with Crippen LogP contribution < -0.4 is 5.32 Å². The van der Waals surface area contributed by atoms with E-state index in [0.717, 1.165) is 30.9 Å². The van der Waals surface area contributed by atoms with Crippen LogP contribution in [-0.4, -0.2) is 57.0 Å². The first-order valence-corrected chi connectivity index (χ1v) is 9.35. The number of likely N-dealkylation sites (N-methyl/N-ethyl adjacent to an activating group) is 1. The number of hydrogen-bond acceptors (Lipinski definition) is 6. The minimum absolute atomic E-state index is 0.0726. The van der Waals surface area contributed by atoms with Crippen LogP contribution >= 0.6 is 0 Å². The molecule has 1 aromatic carbocycles. The molecular weight excluding hydrogens is 352 g/mol. The average molecular weight is 374 g/mol. The summed E-state index contributed by atoms with van der Waals surface area (Å²) in [5.41, 5.74) is 2.42. The summed E-state index contributed by atoms with van der Waals surface area (Å²) in [6.45, 7) is 5.50. The summed E-state index contributed by atoms with van der Waals surface area (Å²) in [5, 5.41) is 3.26. The molecule has 142 valence electrons. The Balaban J connectivity index is 1.44. The lowest BCUT2D eigenvalue weighted by molar-refractivity contribution is 0.0767. The van der Waals surface area contributed by atoms with Crippen molar-refractivity contribution in [3.63, 3.8) is 0 Å². The quantitative estimate of drug-likeness (QED) is 0.740. The number of amides is 1. The number of carbonyl (C=O) groups excluding carboxylic acids is 1. The molecule has 0 bridgehead atoms. The maximum atomic E-state index is 12.6. The minimum atomic E-state index is 0.0726. The molecule has 2 aromatic heterocycles. The molecule has 0 aliphatic carbocycles. The zero-order valence-corrected chi connectivity index (χ0v) is 15.7. The van der Waals surface area contributed by atoms with Gasteiger partial charge in [0.05, 0.1) is 6.67 Å². The van der Waals surface area contributed by atoms with Crippen molar-refractivity contribution in [2.24, 2.45) is 0 Å². The van der Waals surface area contributed by atoms with E-state index in [0.29, 0.717) is 23.9 Å². The van der Waals surface area contributed by atoms with Gasteiger partial charge >= 0.3 is 0 Å². The molecule has 3 aromatic rings. The number of nitrogens with zero attached hydrogens (tertiary/aromatic N) is 5. The molecule has 1 N–H and O–H groups in total. The Labute approximate surface area is 164 Å². The van der Waals surface area contributed by atoms with Gasteiger partial charge < -0.3 is 10.2 Å². The highest BCUT2D eigenvalue weighted by molar-refractivity contribution is 5.94. The third-order valence-corrected chi connectivity index (χ3v) is 4.77. The standard InChI is InChI=1S/C21H22N6O/c1-2-26-12-13-27(15-26)21(28)16-5-7-18(8-6-16)24-19-9-11-23-20(25-19)17-4-3-10-22-14-17/h3-11,14H,2,12-13,15H2,1H3,(H,23,24,25). The SMILES string of the molecule is CCN1CCN(C(=O)c2ccc(Nc3ccnc(-c4cccnc4)n3)cc2)C1. The van der Waals surface area contributed by atoms with Crippen molar-refractivity contribution < 1.29 is 4.79 Å². The van der Waals surface area contributed by atoms with E-state index in [9.17, 15) is 4.79 Å². The molecule has 1 aliphatic rings. The Morgan fingerprint density at radius 2 is 1.96 bits per heavy atom. The van der Waals surface area contributed by atoms with E-state index in [2.05, 4.69) is 32.1 Å². The second-order valence-corrected chi connectivity index (χ2v) is 6.63. The normalized spacial score (nSPS) is 14.2. The topological polar surface area (TPSA) is 74.2 Å². The summed E-state index contributed by atoms with van der Waals surface area (Å²) in [4.78, 5) is 29.7. The zero-order chi connectivity index (χ0) is 19.3. The van der Waals surface area contributed by atoms with Gasteiger partial charge in [0, 0.05) is 48.5 Å². The van der Waals surface area contributed by atoms with Crippen LogP contribution in [0.2, 0.25) is 0 Å². The molecule has 0 saturated carbocycles. The van der Waals surface area contributed by atoms with Gasteiger partial charge in [0.25, 0.3) is 5.91 Å². The third kappa shape index (κ3) is 3.99. The van der Waals surface area contributed by atoms with Crippen molar-refractivity contribution in [1.82, 2.24) is 24.8 Å². The smallest absolute Gasteiger partial charge is 0.254 e. The van der Waals surface area contributed by atoms with Crippen LogP contribution in [0.15, 0.2) is 61.1 Å². The van der Waals surface area contributed by atoms with Crippen LogP contribution in [-0.2, 0) is 0 Å². The van der Waals surface area contributed by atoms with E-state index >= 15 is 0 Å². The van der Waals surface area contributed by atoms with Gasteiger partial charge in [-0.25, -0.2) is 9.97 Å². The van der Waals surface area contributed by atoms with Crippen molar-refractivity contribution in [2.75, 3.05) is 31.6 Å². The maximum absolute atomic E-state index is 12.6. The van der Waals surface area contributed by atoms with Crippen molar-refractivity contribution in [2.45, 2.75) is 6.92 Å². The van der Waals surface area contributed by atoms with Gasteiger partial charge in [-0.1, -0.05) is 6.92 Å². The van der Waals surface area contributed by atoms with E-state index in [1.54, 1.807) is 18.6 Å². The van der Waals surface area contributed by atoms with Crippen LogP contribution in [0.5, 0.6) is 0 Å². The third-order valence-electron chi connectivity index (χ3n) is 4.77. The number of aromatic nitrogens is 3. The van der Waals surface area contributed by atoms with Crippen LogP contribution in [0.25, 0.3) is 11.4 Å². The van der Waals surface area contributed by atoms with Gasteiger partial charge in [-0.05, 0) is 49.0 Å². The second-order valence-electron chi connectivity index (χ2n) is 6.63. The highest BCUT2D eigenvalue weighted by atomic mass is 16.2. The Morgan fingerprint density at radius 1 is 1.11 bits per heavy atom. The predicted octanol–water partition coefficient (Wildman–Crippen LogP) is 3.02. The lowest BCUT2D eigenvalue weighted by atomic mass is 10.2. The number of hydrogen-bond donors (Lipinski definition) is 1. The first-order valence-electron chi connectivity index (χ1n) is 9.35. The summed E-state index contributed by atoms with van der Waals surface area (Å²) in [5.74, 6) is 1.37. The molecule has 28 heavy (non-hydrogen) atoms. The molecule has 7 nitrogen and oxygen atoms in total. The summed E-state index contributed by atoms with van der Waals surface area (Å²) < 4.78 is 0. The lowest BCUT2D eigenvalue weighted by Gasteiger charge is -2.17. The molecular formula is C21H22N6O. The number of carbonyl (C=O) groups is 1. The Morgan fingerprint density at radius 3 is 2.68 bits per heavy atom. The molecule has 1 saturated heterocycles. The molecule has 0 radical (unpaired) electrons. The average Bonchev–Trinajstić information content (AvgIpc) is 3.24. The molecule has 1 amide bonds. The number of rotatable bonds is 5. The van der Waals surface area contributed by atoms with Crippen LogP contribution in [0.3, 0.4) is 0 Å². The number of pyridine rings is 1. The van der Waals surface area contributed by atoms with E-state index in [-0.39, 0.29) is 5.91 Å². The van der Waals surface area contributed by atoms with E-state index in [1.807, 2.05) is 47.4 Å². The van der Waals surface area contributed by atoms with Gasteiger partial charge in [-0.3, -0.25) is 14.7 Å². The fraction of sp³-hybridized carbons (Fsp3) is 0.238. The van der Waals surface area contributed by atoms with Crippen LogP contribution in [0.1, 0.15) is 17.3 Å². The number of anilines is 2. The second kappa shape index (κ2) is 8.14. The lowest BCUT2D eigenvalue weighted by Crippen LogP contribution is -2.31. The molecule has 4 rings (SSSR count). The molecule has 3 heterocycles. The van der Waals surface area contributed by atoms with E-state index in [4.69, 9.17) is 0 Å². The summed E-state index contributed by atoms with van der Waals surface area (Å²) in [7, 11) is 0. The highest BCUT2D eigenvalue weighted by Crippen LogP contribution is 2.19. The van der Waals surface area contributed by atoms with E-state index in [1.165, 1.54) is 0 Å². The van der Waals surface area contributed by atoms with Gasteiger partial charge in [0.2, 0.25) is 0 Å². The largest absolute Gasteiger partial charge is 0.340 e. The fourth-order valence-corrected chi connectivity index (χ4v) is 3.16. The monoisotopic (exact) mass is 374 g/mol. The van der Waals surface area contributed by atoms with Crippen molar-refractivity contribution >= 4 is 17.4 Å². The Bertz CT molecular complexity index is 945. The molecule has 0 spiro atoms. The van der Waals surface area contributed by atoms with Gasteiger partial charge in [-0.2, -0.15) is 0 Å². The fourth-order valence-electron chi connectivity index (χ4n) is 3.16. The van der Waals surface area contributed by atoms with Crippen molar-refractivity contribution in [3.8, 4) is 11.4 Å². The molecule has 1 fully saturated rings. The number of benzene rings is 1. The van der Waals surface area contributed by atoms with Crippen molar-refractivity contribution in [1.29, 1.82) is 0 Å². The molecule has 0 unspecified atom stereocenters. The first-order chi connectivity index (χ1) is 13.7. The summed E-state index contributed by atoms with van der Waals surface area (Å²) >= 11 is 0. The molecule has 0 atom stereocenters. The predicted molar refractivity (Wildman–Crippen MR) is 108 cm³/mol. The van der Waals surface area contributed by atoms with Crippen LogP contribution in [0, 0.1) is 0 Å². The van der Waals surface area contributed by atoms with Gasteiger partial charge in [0.15, 0.2) is 5.82 Å². The van der Waals surface area contributed by atoms with E-state index < -0.39 is 0 Å². The Kier molecular flexibility index (Phi) is 5.25. The first kappa shape index (κ1) is 18.1. The van der Waals surface area contributed by atoms with Gasteiger partial charge in [0.1, 0.15) is 5.82 Å². The van der Waals surface area contributed by atoms with Gasteiger partial charge in [-0.15, -0.1) is 0 Å². The highest BCUT2D eigenvalue weighted by Gasteiger charge is 2.23. The van der Waals surface area contributed by atoms with Crippen molar-refractivity contribution in [3.05, 3.63) is 66.6 Å². The summed E-state index contributed by atoms with van der Waals surface area (Å²) in [6, 6.07) is 13.1. The summed E-state index contributed by atoms with van der Waals surface area (Å²) in [6.07, 6.45) is 5.16. The zero-order valence-electron chi connectivity index (χ0n) is 15.7. The van der Waals surface area contributed by atoms with Crippen LogP contribution in [0.4, 0.5) is 11.5 Å².